The van der Waals surface area contributed by atoms with Gasteiger partial charge in [-0.2, -0.15) is 0 Å². The molecule has 1 heterocycles. The number of aromatic nitrogens is 2. The van der Waals surface area contributed by atoms with Gasteiger partial charge in [-0.3, -0.25) is 0 Å². The lowest BCUT2D eigenvalue weighted by atomic mass is 10.1. The molecular weight excluding hydrogens is 186 g/mol. The Morgan fingerprint density at radius 2 is 2.07 bits per heavy atom. The van der Waals surface area contributed by atoms with Crippen molar-refractivity contribution in [2.45, 2.75) is 19.9 Å². The van der Waals surface area contributed by atoms with Crippen LogP contribution < -0.4 is 5.32 Å². The number of aryl methyl sites for hydroxylation is 1. The zero-order chi connectivity index (χ0) is 10.5. The molecule has 2 rings (SSSR count). The number of imidazole rings is 1. The first-order valence-corrected chi connectivity index (χ1v) is 5.18. The van der Waals surface area contributed by atoms with Crippen LogP contribution in [0.4, 0.5) is 5.69 Å². The first-order valence-electron chi connectivity index (χ1n) is 5.18. The van der Waals surface area contributed by atoms with Crippen LogP contribution in [0.1, 0.15) is 18.2 Å². The second-order valence-corrected chi connectivity index (χ2v) is 3.48. The molecule has 0 radical (unpaired) electrons. The van der Waals surface area contributed by atoms with Gasteiger partial charge in [0, 0.05) is 11.9 Å². The van der Waals surface area contributed by atoms with Gasteiger partial charge in [0.25, 0.3) is 0 Å². The molecule has 0 saturated heterocycles. The van der Waals surface area contributed by atoms with E-state index in [0.717, 1.165) is 24.3 Å². The van der Waals surface area contributed by atoms with Gasteiger partial charge < -0.3 is 10.3 Å². The molecule has 0 spiro atoms. The van der Waals surface area contributed by atoms with Gasteiger partial charge >= 0.3 is 0 Å². The van der Waals surface area contributed by atoms with E-state index in [2.05, 4.69) is 46.5 Å². The lowest BCUT2D eigenvalue weighted by Gasteiger charge is -2.05. The number of anilines is 1. The summed E-state index contributed by atoms with van der Waals surface area (Å²) in [4.78, 5) is 7.02. The molecule has 1 aromatic carbocycles. The van der Waals surface area contributed by atoms with Crippen molar-refractivity contribution in [3.05, 3.63) is 48.0 Å². The van der Waals surface area contributed by atoms with Crippen molar-refractivity contribution in [1.82, 2.24) is 9.97 Å². The fourth-order valence-electron chi connectivity index (χ4n) is 1.44. The summed E-state index contributed by atoms with van der Waals surface area (Å²) in [6.45, 7) is 2.94. The third-order valence-electron chi connectivity index (χ3n) is 2.40. The highest BCUT2D eigenvalue weighted by Crippen LogP contribution is 2.10. The Morgan fingerprint density at radius 1 is 1.27 bits per heavy atom. The first kappa shape index (κ1) is 9.77. The van der Waals surface area contributed by atoms with Crippen molar-refractivity contribution >= 4 is 5.69 Å². The average Bonchev–Trinajstić information content (AvgIpc) is 2.80. The van der Waals surface area contributed by atoms with E-state index < -0.39 is 0 Å². The van der Waals surface area contributed by atoms with Gasteiger partial charge in [-0.05, 0) is 24.1 Å². The van der Waals surface area contributed by atoms with E-state index in [1.165, 1.54) is 5.56 Å². The Labute approximate surface area is 89.6 Å². The Kier molecular flexibility index (Phi) is 3.02. The summed E-state index contributed by atoms with van der Waals surface area (Å²) in [5, 5.41) is 3.33. The third kappa shape index (κ3) is 2.59. The molecule has 0 atom stereocenters. The van der Waals surface area contributed by atoms with Crippen LogP contribution in [0.3, 0.4) is 0 Å². The molecule has 3 heteroatoms. The summed E-state index contributed by atoms with van der Waals surface area (Å²) < 4.78 is 0. The maximum absolute atomic E-state index is 3.97. The Morgan fingerprint density at radius 3 is 2.67 bits per heavy atom. The molecular formula is C12H15N3. The van der Waals surface area contributed by atoms with E-state index >= 15 is 0 Å². The van der Waals surface area contributed by atoms with Crippen LogP contribution >= 0.6 is 0 Å². The largest absolute Gasteiger partial charge is 0.379 e. The Bertz CT molecular complexity index is 389. The van der Waals surface area contributed by atoms with Crippen molar-refractivity contribution in [3.8, 4) is 0 Å². The quantitative estimate of drug-likeness (QED) is 0.798. The van der Waals surface area contributed by atoms with Crippen LogP contribution in [-0.4, -0.2) is 9.97 Å². The topological polar surface area (TPSA) is 40.7 Å². The average molecular weight is 201 g/mol. The third-order valence-corrected chi connectivity index (χ3v) is 2.40. The number of nitrogens with zero attached hydrogens (tertiary/aromatic N) is 1. The zero-order valence-electron chi connectivity index (χ0n) is 8.83. The van der Waals surface area contributed by atoms with Crippen molar-refractivity contribution in [2.75, 3.05) is 5.32 Å². The summed E-state index contributed by atoms with van der Waals surface area (Å²) in [6, 6.07) is 8.51. The summed E-state index contributed by atoms with van der Waals surface area (Å²) in [6.07, 6.45) is 4.60. The highest BCUT2D eigenvalue weighted by Gasteiger charge is 1.94. The van der Waals surface area contributed by atoms with Crippen LogP contribution in [0.15, 0.2) is 36.8 Å². The van der Waals surface area contributed by atoms with E-state index in [1.807, 2.05) is 6.20 Å². The normalized spacial score (nSPS) is 10.2. The lowest BCUT2D eigenvalue weighted by molar-refractivity contribution is 1.07. The fourth-order valence-corrected chi connectivity index (χ4v) is 1.44. The summed E-state index contributed by atoms with van der Waals surface area (Å²) in [5.74, 6) is 0. The number of nitrogens with one attached hydrogen (secondary N) is 2. The predicted octanol–water partition coefficient (Wildman–Crippen LogP) is 2.58. The van der Waals surface area contributed by atoms with Crippen LogP contribution in [0.5, 0.6) is 0 Å². The Hall–Kier alpha value is -1.77. The number of rotatable bonds is 4. The van der Waals surface area contributed by atoms with E-state index in [-0.39, 0.29) is 0 Å². The van der Waals surface area contributed by atoms with Gasteiger partial charge in [0.05, 0.1) is 18.6 Å². The van der Waals surface area contributed by atoms with Gasteiger partial charge in [-0.15, -0.1) is 0 Å². The molecule has 3 nitrogen and oxygen atoms in total. The van der Waals surface area contributed by atoms with Crippen molar-refractivity contribution in [3.63, 3.8) is 0 Å². The SMILES string of the molecule is CCc1ccc(NCc2cnc[nH]2)cc1. The van der Waals surface area contributed by atoms with E-state index in [9.17, 15) is 0 Å². The Balaban J connectivity index is 1.93. The molecule has 2 N–H and O–H groups in total. The van der Waals surface area contributed by atoms with Gasteiger partial charge in [-0.25, -0.2) is 4.98 Å². The van der Waals surface area contributed by atoms with Gasteiger partial charge in [0.1, 0.15) is 0 Å². The number of aromatic amines is 1. The number of hydrogen-bond acceptors (Lipinski definition) is 2. The highest BCUT2D eigenvalue weighted by atomic mass is 14.9. The molecule has 0 saturated carbocycles. The lowest BCUT2D eigenvalue weighted by Crippen LogP contribution is -1.99. The van der Waals surface area contributed by atoms with E-state index in [4.69, 9.17) is 0 Å². The molecule has 0 bridgehead atoms. The van der Waals surface area contributed by atoms with Gasteiger partial charge in [0.2, 0.25) is 0 Å². The minimum Gasteiger partial charge on any atom is -0.379 e. The van der Waals surface area contributed by atoms with Crippen LogP contribution in [0.25, 0.3) is 0 Å². The maximum atomic E-state index is 3.97. The molecule has 0 aliphatic carbocycles. The van der Waals surface area contributed by atoms with Gasteiger partial charge in [-0.1, -0.05) is 19.1 Å². The molecule has 0 aliphatic rings. The van der Waals surface area contributed by atoms with Crippen molar-refractivity contribution in [2.24, 2.45) is 0 Å². The molecule has 0 amide bonds. The smallest absolute Gasteiger partial charge is 0.0922 e. The fraction of sp³-hybridized carbons (Fsp3) is 0.250. The molecule has 1 aromatic heterocycles. The minimum absolute atomic E-state index is 0.783. The predicted molar refractivity (Wildman–Crippen MR) is 61.7 cm³/mol. The summed E-state index contributed by atoms with van der Waals surface area (Å²) >= 11 is 0. The molecule has 0 aliphatic heterocycles. The van der Waals surface area contributed by atoms with E-state index in [1.54, 1.807) is 6.33 Å². The van der Waals surface area contributed by atoms with E-state index in [0.29, 0.717) is 0 Å². The second-order valence-electron chi connectivity index (χ2n) is 3.48. The number of benzene rings is 1. The van der Waals surface area contributed by atoms with Crippen molar-refractivity contribution < 1.29 is 0 Å². The molecule has 0 fully saturated rings. The van der Waals surface area contributed by atoms with Gasteiger partial charge in [0.15, 0.2) is 0 Å². The highest BCUT2D eigenvalue weighted by molar-refractivity contribution is 5.44. The van der Waals surface area contributed by atoms with Crippen LogP contribution in [0.2, 0.25) is 0 Å². The number of H-pyrrole nitrogens is 1. The molecule has 0 unspecified atom stereocenters. The molecule has 15 heavy (non-hydrogen) atoms. The summed E-state index contributed by atoms with van der Waals surface area (Å²) in [5.41, 5.74) is 3.60. The molecule has 2 aromatic rings. The molecule has 78 valence electrons. The maximum Gasteiger partial charge on any atom is 0.0922 e. The summed E-state index contributed by atoms with van der Waals surface area (Å²) in [7, 11) is 0. The van der Waals surface area contributed by atoms with Crippen LogP contribution in [-0.2, 0) is 13.0 Å². The standard InChI is InChI=1S/C12H15N3/c1-2-10-3-5-11(6-4-10)14-8-12-7-13-9-15-12/h3-7,9,14H,2,8H2,1H3,(H,13,15). The van der Waals surface area contributed by atoms with Crippen molar-refractivity contribution in [1.29, 1.82) is 0 Å². The van der Waals surface area contributed by atoms with Crippen LogP contribution in [0, 0.1) is 0 Å². The monoisotopic (exact) mass is 201 g/mol. The number of hydrogen-bond donors (Lipinski definition) is 2. The minimum atomic E-state index is 0.783. The second kappa shape index (κ2) is 4.64. The first-order chi connectivity index (χ1) is 7.38. The zero-order valence-corrected chi connectivity index (χ0v) is 8.83.